The van der Waals surface area contributed by atoms with Crippen molar-refractivity contribution in [3.8, 4) is 28.6 Å². The van der Waals surface area contributed by atoms with Gasteiger partial charge in [0.25, 0.3) is 0 Å². The molecule has 0 amide bonds. The second kappa shape index (κ2) is 9.11. The maximum absolute atomic E-state index is 6.06. The van der Waals surface area contributed by atoms with Gasteiger partial charge in [-0.15, -0.1) is 10.2 Å². The van der Waals surface area contributed by atoms with Crippen molar-refractivity contribution in [2.75, 3.05) is 0 Å². The van der Waals surface area contributed by atoms with E-state index in [1.165, 1.54) is 27.1 Å². The van der Waals surface area contributed by atoms with Gasteiger partial charge in [-0.2, -0.15) is 0 Å². The fourth-order valence-corrected chi connectivity index (χ4v) is 6.90. The maximum Gasteiger partial charge on any atom is 0.248 e. The first-order valence-corrected chi connectivity index (χ1v) is 15.0. The predicted molar refractivity (Wildman–Crippen MR) is 181 cm³/mol. The van der Waals surface area contributed by atoms with Gasteiger partial charge in [-0.05, 0) is 66.0 Å². The molecule has 6 aromatic carbocycles. The van der Waals surface area contributed by atoms with Crippen LogP contribution in [0.4, 0.5) is 0 Å². The summed E-state index contributed by atoms with van der Waals surface area (Å²) >= 11 is 0. The van der Waals surface area contributed by atoms with Crippen LogP contribution in [-0.2, 0) is 0 Å². The standard InChI is InChI=1S/C39H23N5O/c1-2-10-24(11-3-1)38-41-42-39(45-38)25-18-20-26(21-19-25)43-32-16-8-6-12-27(32)29-22-23-34-35(36(29)43)28-13-4-5-14-30(28)37-40-31-15-7-9-17-33(31)44(34)37/h1-23H. The monoisotopic (exact) mass is 577 g/mol. The third-order valence-electron chi connectivity index (χ3n) is 8.87. The first-order chi connectivity index (χ1) is 22.3. The minimum Gasteiger partial charge on any atom is -0.416 e. The lowest BCUT2D eigenvalue weighted by atomic mass is 10.0. The molecule has 0 saturated carbocycles. The smallest absolute Gasteiger partial charge is 0.248 e. The van der Waals surface area contributed by atoms with Crippen LogP contribution in [-0.4, -0.2) is 24.1 Å². The van der Waals surface area contributed by atoms with Crippen molar-refractivity contribution in [1.29, 1.82) is 0 Å². The predicted octanol–water partition coefficient (Wildman–Crippen LogP) is 9.61. The van der Waals surface area contributed by atoms with E-state index in [-0.39, 0.29) is 0 Å². The molecule has 0 fully saturated rings. The molecule has 6 nitrogen and oxygen atoms in total. The van der Waals surface area contributed by atoms with Gasteiger partial charge < -0.3 is 8.98 Å². The number of para-hydroxylation sites is 3. The molecule has 45 heavy (non-hydrogen) atoms. The van der Waals surface area contributed by atoms with Gasteiger partial charge >= 0.3 is 0 Å². The first-order valence-electron chi connectivity index (χ1n) is 15.0. The van der Waals surface area contributed by atoms with E-state index in [1.54, 1.807) is 0 Å². The molecule has 10 rings (SSSR count). The van der Waals surface area contributed by atoms with Crippen LogP contribution >= 0.6 is 0 Å². The number of imidazole rings is 1. The largest absolute Gasteiger partial charge is 0.416 e. The molecule has 0 spiro atoms. The van der Waals surface area contributed by atoms with E-state index in [0.717, 1.165) is 49.9 Å². The number of aromatic nitrogens is 5. The van der Waals surface area contributed by atoms with Gasteiger partial charge in [0, 0.05) is 38.4 Å². The van der Waals surface area contributed by atoms with Crippen LogP contribution < -0.4 is 0 Å². The Morgan fingerprint density at radius 1 is 0.467 bits per heavy atom. The van der Waals surface area contributed by atoms with Crippen molar-refractivity contribution in [1.82, 2.24) is 24.1 Å². The summed E-state index contributed by atoms with van der Waals surface area (Å²) in [5, 5.41) is 14.6. The Morgan fingerprint density at radius 3 is 1.91 bits per heavy atom. The number of pyridine rings is 1. The molecule has 0 radical (unpaired) electrons. The molecule has 6 heteroatoms. The summed E-state index contributed by atoms with van der Waals surface area (Å²) in [6, 6.07) is 48.4. The lowest BCUT2D eigenvalue weighted by Crippen LogP contribution is -1.97. The highest BCUT2D eigenvalue weighted by atomic mass is 16.4. The quantitative estimate of drug-likeness (QED) is 0.196. The normalized spacial score (nSPS) is 12.0. The van der Waals surface area contributed by atoms with Crippen LogP contribution in [0.2, 0.25) is 0 Å². The molecular formula is C39H23N5O. The second-order valence-electron chi connectivity index (χ2n) is 11.3. The van der Waals surface area contributed by atoms with Crippen molar-refractivity contribution >= 4 is 60.2 Å². The van der Waals surface area contributed by atoms with Crippen molar-refractivity contribution < 1.29 is 4.42 Å². The van der Waals surface area contributed by atoms with Crippen LogP contribution in [0.5, 0.6) is 0 Å². The van der Waals surface area contributed by atoms with Gasteiger partial charge in [0.05, 0.1) is 27.6 Å². The molecule has 10 aromatic rings. The van der Waals surface area contributed by atoms with E-state index >= 15 is 0 Å². The van der Waals surface area contributed by atoms with Gasteiger partial charge in [0.15, 0.2) is 0 Å². The van der Waals surface area contributed by atoms with Crippen LogP contribution in [0.3, 0.4) is 0 Å². The van der Waals surface area contributed by atoms with Crippen molar-refractivity contribution in [3.05, 3.63) is 140 Å². The van der Waals surface area contributed by atoms with Crippen LogP contribution in [0.1, 0.15) is 0 Å². The highest BCUT2D eigenvalue weighted by molar-refractivity contribution is 6.27. The second-order valence-corrected chi connectivity index (χ2v) is 11.3. The highest BCUT2D eigenvalue weighted by Gasteiger charge is 2.20. The molecule has 0 unspecified atom stereocenters. The zero-order chi connectivity index (χ0) is 29.5. The lowest BCUT2D eigenvalue weighted by molar-refractivity contribution is 0.584. The number of nitrogens with zero attached hydrogens (tertiary/aromatic N) is 5. The van der Waals surface area contributed by atoms with Gasteiger partial charge in [-0.1, -0.05) is 78.9 Å². The molecular weight excluding hydrogens is 554 g/mol. The molecule has 4 aromatic heterocycles. The molecule has 4 heterocycles. The number of hydrogen-bond donors (Lipinski definition) is 0. The number of benzene rings is 6. The fourth-order valence-electron chi connectivity index (χ4n) is 6.90. The van der Waals surface area contributed by atoms with Crippen LogP contribution in [0.25, 0.3) is 88.8 Å². The minimum atomic E-state index is 0.494. The molecule has 0 atom stereocenters. The number of fused-ring (bicyclic) bond motifs is 12. The number of rotatable bonds is 3. The Kier molecular flexibility index (Phi) is 4.90. The molecule has 0 aliphatic carbocycles. The summed E-state index contributed by atoms with van der Waals surface area (Å²) in [6.45, 7) is 0. The van der Waals surface area contributed by atoms with Crippen LogP contribution in [0.15, 0.2) is 144 Å². The Labute approximate surface area is 256 Å². The third kappa shape index (κ3) is 3.42. The van der Waals surface area contributed by atoms with Crippen LogP contribution in [0, 0.1) is 0 Å². The van der Waals surface area contributed by atoms with Crippen molar-refractivity contribution in [2.45, 2.75) is 0 Å². The lowest BCUT2D eigenvalue weighted by Gasteiger charge is -2.14. The summed E-state index contributed by atoms with van der Waals surface area (Å²) in [5.74, 6) is 1.00. The van der Waals surface area contributed by atoms with Gasteiger partial charge in [0.2, 0.25) is 11.8 Å². The molecule has 0 bridgehead atoms. The average molecular weight is 578 g/mol. The van der Waals surface area contributed by atoms with E-state index in [2.05, 4.69) is 128 Å². The Bertz CT molecular complexity index is 2750. The van der Waals surface area contributed by atoms with Gasteiger partial charge in [-0.25, -0.2) is 4.98 Å². The fraction of sp³-hybridized carbons (Fsp3) is 0. The van der Waals surface area contributed by atoms with E-state index in [0.29, 0.717) is 11.8 Å². The molecule has 0 N–H and O–H groups in total. The van der Waals surface area contributed by atoms with E-state index in [4.69, 9.17) is 9.40 Å². The van der Waals surface area contributed by atoms with Crippen molar-refractivity contribution in [3.63, 3.8) is 0 Å². The van der Waals surface area contributed by atoms with Crippen molar-refractivity contribution in [2.24, 2.45) is 0 Å². The molecule has 0 aliphatic rings. The highest BCUT2D eigenvalue weighted by Crippen LogP contribution is 2.41. The SMILES string of the molecule is c1ccc(-c2nnc(-c3ccc(-n4c5ccccc5c5ccc6c(c7ccccc7c7nc8ccccc8n67)c54)cc3)o2)cc1. The average Bonchev–Trinajstić information content (AvgIpc) is 3.84. The number of hydrogen-bond acceptors (Lipinski definition) is 4. The summed E-state index contributed by atoms with van der Waals surface area (Å²) < 4.78 is 10.8. The molecule has 210 valence electrons. The summed E-state index contributed by atoms with van der Waals surface area (Å²) in [6.07, 6.45) is 0. The van der Waals surface area contributed by atoms with Gasteiger partial charge in [-0.3, -0.25) is 4.40 Å². The maximum atomic E-state index is 6.06. The zero-order valence-electron chi connectivity index (χ0n) is 23.9. The third-order valence-corrected chi connectivity index (χ3v) is 8.87. The Morgan fingerprint density at radius 2 is 1.11 bits per heavy atom. The first kappa shape index (κ1) is 24.2. The minimum absolute atomic E-state index is 0.494. The molecule has 0 saturated heterocycles. The summed E-state index contributed by atoms with van der Waals surface area (Å²) in [4.78, 5) is 5.09. The zero-order valence-corrected chi connectivity index (χ0v) is 23.9. The van der Waals surface area contributed by atoms with E-state index < -0.39 is 0 Å². The Hall–Kier alpha value is -6.27. The van der Waals surface area contributed by atoms with E-state index in [1.807, 2.05) is 30.3 Å². The van der Waals surface area contributed by atoms with E-state index in [9.17, 15) is 0 Å². The Balaban J connectivity index is 1.27. The summed E-state index contributed by atoms with van der Waals surface area (Å²) in [5.41, 5.74) is 9.34. The summed E-state index contributed by atoms with van der Waals surface area (Å²) in [7, 11) is 0. The molecule has 0 aliphatic heterocycles. The topological polar surface area (TPSA) is 61.2 Å². The van der Waals surface area contributed by atoms with Gasteiger partial charge in [0.1, 0.15) is 5.65 Å².